The van der Waals surface area contributed by atoms with Crippen LogP contribution in [0.1, 0.15) is 42.3 Å². The maximum absolute atomic E-state index is 13.1. The number of hydrogen-bond donors (Lipinski definition) is 1. The van der Waals surface area contributed by atoms with Crippen LogP contribution < -0.4 is 5.56 Å². The Hall–Kier alpha value is -3.63. The smallest absolute Gasteiger partial charge is 0.332 e. The Morgan fingerprint density at radius 3 is 2.26 bits per heavy atom. The van der Waals surface area contributed by atoms with Crippen molar-refractivity contribution in [1.82, 2.24) is 14.9 Å². The molecule has 1 aromatic heterocycles. The van der Waals surface area contributed by atoms with Crippen molar-refractivity contribution in [3.8, 4) is 0 Å². The Balaban J connectivity index is 1.90. The molecule has 3 aromatic rings. The van der Waals surface area contributed by atoms with E-state index >= 15 is 0 Å². The number of rotatable bonds is 7. The second-order valence-electron chi connectivity index (χ2n) is 7.82. The van der Waals surface area contributed by atoms with Crippen molar-refractivity contribution < 1.29 is 31.1 Å². The number of halogens is 6. The molecule has 11 heteroatoms. The van der Waals surface area contributed by atoms with Gasteiger partial charge in [0.1, 0.15) is 5.82 Å². The molecule has 0 saturated carbocycles. The minimum Gasteiger partial charge on any atom is -0.332 e. The number of hydrogen-bond acceptors (Lipinski definition) is 3. The number of benzene rings is 2. The third kappa shape index (κ3) is 6.71. The average Bonchev–Trinajstić information content (AvgIpc) is 2.79. The predicted molar refractivity (Wildman–Crippen MR) is 118 cm³/mol. The van der Waals surface area contributed by atoms with Gasteiger partial charge in [-0.1, -0.05) is 25.5 Å². The van der Waals surface area contributed by atoms with Gasteiger partial charge in [-0.3, -0.25) is 9.59 Å². The lowest BCUT2D eigenvalue weighted by atomic mass is 10.0. The zero-order chi connectivity index (χ0) is 25.8. The molecule has 0 atom stereocenters. The van der Waals surface area contributed by atoms with Crippen molar-refractivity contribution in [1.29, 1.82) is 0 Å². The summed E-state index contributed by atoms with van der Waals surface area (Å²) in [4.78, 5) is 33.4. The van der Waals surface area contributed by atoms with E-state index in [1.807, 2.05) is 6.92 Å². The molecule has 0 aliphatic rings. The predicted octanol–water partition coefficient (Wildman–Crippen LogP) is 5.80. The Morgan fingerprint density at radius 1 is 1.03 bits per heavy atom. The summed E-state index contributed by atoms with van der Waals surface area (Å²) >= 11 is 0. The molecule has 0 unspecified atom stereocenters. The standard InChI is InChI=1S/C24H21F6N3O2/c1-2-3-10-33(14-20-31-19-7-5-4-6-18(19)22(35)32-20)21(34)9-8-15-11-16(23(25,26)27)13-17(12-15)24(28,29)30/h4-9,11-13H,2-3,10,14H2,1H3,(H,31,32,35). The first-order valence-electron chi connectivity index (χ1n) is 10.6. The van der Waals surface area contributed by atoms with Crippen molar-refractivity contribution in [3.05, 3.63) is 81.4 Å². The number of H-pyrrole nitrogens is 1. The van der Waals surface area contributed by atoms with Gasteiger partial charge in [0.15, 0.2) is 0 Å². The van der Waals surface area contributed by atoms with Crippen LogP contribution in [-0.4, -0.2) is 27.3 Å². The fraction of sp³-hybridized carbons (Fsp3) is 0.292. The summed E-state index contributed by atoms with van der Waals surface area (Å²) in [6.07, 6.45) is -6.87. The zero-order valence-electron chi connectivity index (χ0n) is 18.5. The number of carbonyl (C=O) groups excluding carboxylic acids is 1. The minimum atomic E-state index is -4.99. The molecule has 0 saturated heterocycles. The molecule has 2 aromatic carbocycles. The van der Waals surface area contributed by atoms with Crippen LogP contribution in [0.5, 0.6) is 0 Å². The number of amides is 1. The first-order valence-corrected chi connectivity index (χ1v) is 10.6. The Bertz CT molecular complexity index is 1260. The van der Waals surface area contributed by atoms with Gasteiger partial charge in [-0.2, -0.15) is 26.3 Å². The fourth-order valence-electron chi connectivity index (χ4n) is 3.35. The Morgan fingerprint density at radius 2 is 1.66 bits per heavy atom. The van der Waals surface area contributed by atoms with Crippen molar-refractivity contribution in [2.75, 3.05) is 6.54 Å². The molecular formula is C24H21F6N3O2. The number of carbonyl (C=O) groups is 1. The van der Waals surface area contributed by atoms with Crippen LogP contribution in [0.4, 0.5) is 26.3 Å². The SMILES string of the molecule is CCCCN(Cc1nc2ccccc2c(=O)[nH]1)C(=O)C=Cc1cc(C(F)(F)F)cc(C(F)(F)F)c1. The van der Waals surface area contributed by atoms with Crippen LogP contribution in [0.25, 0.3) is 17.0 Å². The Kier molecular flexibility index (Phi) is 7.67. The maximum Gasteiger partial charge on any atom is 0.416 e. The van der Waals surface area contributed by atoms with E-state index in [0.29, 0.717) is 29.5 Å². The second kappa shape index (κ2) is 10.3. The number of aromatic nitrogens is 2. The molecule has 0 radical (unpaired) electrons. The zero-order valence-corrected chi connectivity index (χ0v) is 18.5. The van der Waals surface area contributed by atoms with E-state index in [9.17, 15) is 35.9 Å². The topological polar surface area (TPSA) is 66.1 Å². The molecule has 1 amide bonds. The van der Waals surface area contributed by atoms with Gasteiger partial charge in [0, 0.05) is 12.6 Å². The van der Waals surface area contributed by atoms with E-state index in [-0.39, 0.29) is 25.0 Å². The summed E-state index contributed by atoms with van der Waals surface area (Å²) < 4.78 is 78.5. The largest absolute Gasteiger partial charge is 0.416 e. The number of fused-ring (bicyclic) bond motifs is 1. The molecule has 0 bridgehead atoms. The average molecular weight is 497 g/mol. The van der Waals surface area contributed by atoms with Crippen LogP contribution >= 0.6 is 0 Å². The van der Waals surface area contributed by atoms with Gasteiger partial charge in [-0.15, -0.1) is 0 Å². The third-order valence-electron chi connectivity index (χ3n) is 5.12. The summed E-state index contributed by atoms with van der Waals surface area (Å²) in [5, 5.41) is 0.368. The summed E-state index contributed by atoms with van der Waals surface area (Å²) in [7, 11) is 0. The first-order chi connectivity index (χ1) is 16.4. The van der Waals surface area contributed by atoms with Gasteiger partial charge in [0.05, 0.1) is 28.6 Å². The van der Waals surface area contributed by atoms with Gasteiger partial charge in [-0.05, 0) is 48.4 Å². The van der Waals surface area contributed by atoms with Crippen LogP contribution in [0.15, 0.2) is 53.3 Å². The van der Waals surface area contributed by atoms with Gasteiger partial charge in [-0.25, -0.2) is 4.98 Å². The monoisotopic (exact) mass is 497 g/mol. The highest BCUT2D eigenvalue weighted by atomic mass is 19.4. The highest BCUT2D eigenvalue weighted by Gasteiger charge is 2.36. The van der Waals surface area contributed by atoms with Crippen LogP contribution in [0.2, 0.25) is 0 Å². The van der Waals surface area contributed by atoms with E-state index in [0.717, 1.165) is 18.6 Å². The van der Waals surface area contributed by atoms with E-state index in [1.54, 1.807) is 24.3 Å². The maximum atomic E-state index is 13.1. The molecule has 0 fully saturated rings. The summed E-state index contributed by atoms with van der Waals surface area (Å²) in [6, 6.07) is 7.71. The summed E-state index contributed by atoms with van der Waals surface area (Å²) in [6.45, 7) is 2.03. The van der Waals surface area contributed by atoms with Crippen molar-refractivity contribution >= 4 is 22.9 Å². The van der Waals surface area contributed by atoms with E-state index in [2.05, 4.69) is 9.97 Å². The summed E-state index contributed by atoms with van der Waals surface area (Å²) in [5.41, 5.74) is -3.34. The first kappa shape index (κ1) is 26.0. The van der Waals surface area contributed by atoms with Crippen molar-refractivity contribution in [2.24, 2.45) is 0 Å². The number of unbranched alkanes of at least 4 members (excludes halogenated alkanes) is 1. The lowest BCUT2D eigenvalue weighted by Crippen LogP contribution is -2.31. The highest BCUT2D eigenvalue weighted by Crippen LogP contribution is 2.36. The molecule has 1 N–H and O–H groups in total. The third-order valence-corrected chi connectivity index (χ3v) is 5.12. The second-order valence-corrected chi connectivity index (χ2v) is 7.82. The molecule has 5 nitrogen and oxygen atoms in total. The van der Waals surface area contributed by atoms with Gasteiger partial charge in [0.2, 0.25) is 5.91 Å². The number of aromatic amines is 1. The van der Waals surface area contributed by atoms with Gasteiger partial charge in [0.25, 0.3) is 5.56 Å². The lowest BCUT2D eigenvalue weighted by Gasteiger charge is -2.20. The van der Waals surface area contributed by atoms with E-state index in [1.165, 1.54) is 4.90 Å². The summed E-state index contributed by atoms with van der Waals surface area (Å²) in [5.74, 6) is -0.454. The van der Waals surface area contributed by atoms with Gasteiger partial charge < -0.3 is 9.88 Å². The quantitative estimate of drug-likeness (QED) is 0.331. The van der Waals surface area contributed by atoms with Crippen LogP contribution in [-0.2, 0) is 23.7 Å². The normalized spacial score (nSPS) is 12.4. The fourth-order valence-corrected chi connectivity index (χ4v) is 3.35. The number of nitrogens with one attached hydrogen (secondary N) is 1. The molecular weight excluding hydrogens is 476 g/mol. The highest BCUT2D eigenvalue weighted by molar-refractivity contribution is 5.91. The lowest BCUT2D eigenvalue weighted by molar-refractivity contribution is -0.143. The molecule has 0 spiro atoms. The van der Waals surface area contributed by atoms with E-state index < -0.39 is 40.5 Å². The molecule has 35 heavy (non-hydrogen) atoms. The number of alkyl halides is 6. The molecule has 0 aliphatic carbocycles. The number of nitrogens with zero attached hydrogens (tertiary/aromatic N) is 2. The molecule has 3 rings (SSSR count). The van der Waals surface area contributed by atoms with E-state index in [4.69, 9.17) is 0 Å². The molecule has 0 aliphatic heterocycles. The van der Waals surface area contributed by atoms with Crippen molar-refractivity contribution in [3.63, 3.8) is 0 Å². The minimum absolute atomic E-state index is 0.0223. The van der Waals surface area contributed by atoms with Crippen LogP contribution in [0, 0.1) is 0 Å². The van der Waals surface area contributed by atoms with Crippen molar-refractivity contribution in [2.45, 2.75) is 38.7 Å². The number of para-hydroxylation sites is 1. The molecule has 1 heterocycles. The molecule has 186 valence electrons. The van der Waals surface area contributed by atoms with Gasteiger partial charge >= 0.3 is 12.4 Å². The Labute approximate surface area is 196 Å². The van der Waals surface area contributed by atoms with Crippen LogP contribution in [0.3, 0.4) is 0 Å².